The van der Waals surface area contributed by atoms with Crippen molar-refractivity contribution in [1.82, 2.24) is 0 Å². The number of hydrogen-bond acceptors (Lipinski definition) is 2. The van der Waals surface area contributed by atoms with Gasteiger partial charge in [-0.2, -0.15) is 0 Å². The molecule has 2 rings (SSSR count). The first-order valence-electron chi connectivity index (χ1n) is 7.57. The van der Waals surface area contributed by atoms with E-state index < -0.39 is 20.6 Å². The molecule has 111 valence electrons. The maximum atomic E-state index is 6.13. The predicted octanol–water partition coefficient (Wildman–Crippen LogP) is 4.71. The van der Waals surface area contributed by atoms with Gasteiger partial charge in [0.25, 0.3) is 0 Å². The average Bonchev–Trinajstić information content (AvgIpc) is 2.56. The molecule has 0 bridgehead atoms. The summed E-state index contributed by atoms with van der Waals surface area (Å²) in [5, 5.41) is 0. The van der Waals surface area contributed by atoms with Crippen LogP contribution in [0.5, 0.6) is 0 Å². The summed E-state index contributed by atoms with van der Waals surface area (Å²) >= 11 is -2.20. The molecule has 2 nitrogen and oxygen atoms in total. The fourth-order valence-corrected chi connectivity index (χ4v) is 6.75. The number of rotatable bonds is 9. The van der Waals surface area contributed by atoms with Crippen LogP contribution in [0, 0.1) is 0 Å². The Morgan fingerprint density at radius 3 is 1.67 bits per heavy atom. The van der Waals surface area contributed by atoms with Crippen LogP contribution >= 0.6 is 0 Å². The van der Waals surface area contributed by atoms with Crippen molar-refractivity contribution in [3.8, 4) is 0 Å². The zero-order valence-corrected chi connectivity index (χ0v) is 15.5. The van der Waals surface area contributed by atoms with Gasteiger partial charge in [-0.1, -0.05) is 0 Å². The fraction of sp³-hybridized carbons (Fsp3) is 0.333. The van der Waals surface area contributed by atoms with E-state index in [1.54, 1.807) is 0 Å². The van der Waals surface area contributed by atoms with E-state index in [4.69, 9.17) is 6.15 Å². The van der Waals surface area contributed by atoms with Crippen molar-refractivity contribution in [1.29, 1.82) is 0 Å². The Morgan fingerprint density at radius 2 is 1.24 bits per heavy atom. The van der Waals surface area contributed by atoms with Crippen molar-refractivity contribution in [2.75, 3.05) is 0 Å². The van der Waals surface area contributed by atoms with Crippen molar-refractivity contribution in [2.24, 2.45) is 0 Å². The summed E-state index contributed by atoms with van der Waals surface area (Å²) in [6.45, 7) is 3.59. The summed E-state index contributed by atoms with van der Waals surface area (Å²) in [6.07, 6.45) is 2.41. The zero-order chi connectivity index (χ0) is 14.8. The second kappa shape index (κ2) is 9.98. The molecule has 0 amide bonds. The Hall–Kier alpha value is -0.841. The average molecular weight is 390 g/mol. The van der Waals surface area contributed by atoms with Gasteiger partial charge < -0.3 is 0 Å². The molecule has 0 heterocycles. The van der Waals surface area contributed by atoms with Gasteiger partial charge in [-0.25, -0.2) is 0 Å². The normalized spacial score (nSPS) is 11.0. The molecule has 0 saturated heterocycles. The van der Waals surface area contributed by atoms with Crippen molar-refractivity contribution >= 4 is 20.6 Å². The van der Waals surface area contributed by atoms with E-state index in [1.807, 2.05) is 12.1 Å². The van der Waals surface area contributed by atoms with Crippen LogP contribution in [0.25, 0.3) is 0 Å². The van der Waals surface area contributed by atoms with Gasteiger partial charge in [-0.3, -0.25) is 0 Å². The molecular weight excluding hydrogens is 367 g/mol. The molecule has 1 radical (unpaired) electrons. The van der Waals surface area contributed by atoms with E-state index in [1.165, 1.54) is 24.0 Å². The summed E-state index contributed by atoms with van der Waals surface area (Å²) in [5.74, 6) is 0. The third-order valence-corrected chi connectivity index (χ3v) is 8.06. The van der Waals surface area contributed by atoms with Crippen LogP contribution in [-0.4, -0.2) is 20.6 Å². The van der Waals surface area contributed by atoms with E-state index >= 15 is 0 Å². The SMILES string of the molecule is CCC[CH2][Sn]([O]Cc1ccccc1)[O]Cc1ccccc1. The molecule has 0 fully saturated rings. The molecular formula is C18H23O2Sn. The number of benzene rings is 2. The first-order chi connectivity index (χ1) is 10.4. The van der Waals surface area contributed by atoms with Gasteiger partial charge in [0.2, 0.25) is 0 Å². The summed E-state index contributed by atoms with van der Waals surface area (Å²) < 4.78 is 13.4. The second-order valence-corrected chi connectivity index (χ2v) is 10.2. The summed E-state index contributed by atoms with van der Waals surface area (Å²) in [7, 11) is 0. The molecule has 0 spiro atoms. The van der Waals surface area contributed by atoms with Gasteiger partial charge in [0.05, 0.1) is 0 Å². The Balaban J connectivity index is 1.82. The van der Waals surface area contributed by atoms with Gasteiger partial charge in [0.1, 0.15) is 0 Å². The minimum absolute atomic E-state index is 0.689. The van der Waals surface area contributed by atoms with E-state index in [2.05, 4.69) is 55.5 Å². The topological polar surface area (TPSA) is 18.5 Å². The van der Waals surface area contributed by atoms with Crippen molar-refractivity contribution in [2.45, 2.75) is 37.4 Å². The minimum atomic E-state index is -2.20. The van der Waals surface area contributed by atoms with Crippen LogP contribution in [0.4, 0.5) is 0 Å². The molecule has 0 aromatic heterocycles. The molecule has 0 aliphatic heterocycles. The molecule has 2 aromatic carbocycles. The Labute approximate surface area is 135 Å². The van der Waals surface area contributed by atoms with Gasteiger partial charge in [0.15, 0.2) is 0 Å². The Bertz CT molecular complexity index is 444. The number of hydrogen-bond donors (Lipinski definition) is 0. The first kappa shape index (κ1) is 16.5. The summed E-state index contributed by atoms with van der Waals surface area (Å²) in [6, 6.07) is 20.7. The Kier molecular flexibility index (Phi) is 7.86. The van der Waals surface area contributed by atoms with Crippen LogP contribution in [0.2, 0.25) is 4.44 Å². The van der Waals surface area contributed by atoms with Crippen LogP contribution in [0.15, 0.2) is 60.7 Å². The molecule has 3 heteroatoms. The Morgan fingerprint density at radius 1 is 0.762 bits per heavy atom. The molecule has 0 atom stereocenters. The summed E-state index contributed by atoms with van der Waals surface area (Å²) in [5.41, 5.74) is 2.46. The van der Waals surface area contributed by atoms with Crippen molar-refractivity contribution in [3.63, 3.8) is 0 Å². The predicted molar refractivity (Wildman–Crippen MR) is 87.9 cm³/mol. The quantitative estimate of drug-likeness (QED) is 0.578. The van der Waals surface area contributed by atoms with E-state index in [-0.39, 0.29) is 0 Å². The fourth-order valence-electron chi connectivity index (χ4n) is 1.98. The number of unbranched alkanes of at least 4 members (excludes halogenated alkanes) is 1. The van der Waals surface area contributed by atoms with E-state index in [9.17, 15) is 0 Å². The van der Waals surface area contributed by atoms with Crippen molar-refractivity contribution in [3.05, 3.63) is 71.8 Å². The first-order valence-corrected chi connectivity index (χ1v) is 11.9. The molecule has 0 unspecified atom stereocenters. The summed E-state index contributed by atoms with van der Waals surface area (Å²) in [4.78, 5) is 0. The van der Waals surface area contributed by atoms with Gasteiger partial charge in [-0.05, 0) is 0 Å². The standard InChI is InChI=1S/2C7H7O.C4H9.Sn/c2*8-6-7-4-2-1-3-5-7;1-3-4-2;/h2*1-5H,6H2;1,3-4H2,2H3;/q2*-1;;+2. The molecule has 0 saturated carbocycles. The van der Waals surface area contributed by atoms with Crippen LogP contribution < -0.4 is 0 Å². The molecule has 0 aliphatic rings. The van der Waals surface area contributed by atoms with Crippen LogP contribution in [0.3, 0.4) is 0 Å². The molecule has 0 aliphatic carbocycles. The molecule has 2 aromatic rings. The van der Waals surface area contributed by atoms with E-state index in [0.717, 1.165) is 4.44 Å². The third kappa shape index (κ3) is 6.63. The zero-order valence-electron chi connectivity index (χ0n) is 12.6. The van der Waals surface area contributed by atoms with Gasteiger partial charge in [0, 0.05) is 0 Å². The van der Waals surface area contributed by atoms with Crippen molar-refractivity contribution < 1.29 is 6.15 Å². The third-order valence-electron chi connectivity index (χ3n) is 3.22. The second-order valence-electron chi connectivity index (χ2n) is 5.02. The van der Waals surface area contributed by atoms with Gasteiger partial charge in [-0.15, -0.1) is 0 Å². The van der Waals surface area contributed by atoms with Crippen LogP contribution in [0.1, 0.15) is 30.9 Å². The molecule has 0 N–H and O–H groups in total. The van der Waals surface area contributed by atoms with E-state index in [0.29, 0.717) is 13.2 Å². The maximum absolute atomic E-state index is 6.13. The monoisotopic (exact) mass is 391 g/mol. The van der Waals surface area contributed by atoms with Gasteiger partial charge >= 0.3 is 136 Å². The molecule has 21 heavy (non-hydrogen) atoms. The van der Waals surface area contributed by atoms with Crippen LogP contribution in [-0.2, 0) is 19.4 Å².